The van der Waals surface area contributed by atoms with Gasteiger partial charge in [-0.25, -0.2) is 13.7 Å². The highest BCUT2D eigenvalue weighted by molar-refractivity contribution is 6.46. The second kappa shape index (κ2) is 7.96. The zero-order valence-corrected chi connectivity index (χ0v) is 17.4. The van der Waals surface area contributed by atoms with Crippen LogP contribution in [0.4, 0.5) is 20.2 Å². The van der Waals surface area contributed by atoms with Crippen LogP contribution >= 0.6 is 11.6 Å². The fourth-order valence-corrected chi connectivity index (χ4v) is 3.67. The number of aryl methyl sites for hydroxylation is 2. The van der Waals surface area contributed by atoms with Crippen LogP contribution in [0.1, 0.15) is 16.7 Å². The Labute approximate surface area is 182 Å². The molecule has 0 aromatic heterocycles. The Morgan fingerprint density at radius 3 is 2.19 bits per heavy atom. The van der Waals surface area contributed by atoms with Gasteiger partial charge in [0.2, 0.25) is 0 Å². The highest BCUT2D eigenvalue weighted by Crippen LogP contribution is 2.36. The van der Waals surface area contributed by atoms with Gasteiger partial charge < -0.3 is 5.32 Å². The van der Waals surface area contributed by atoms with Crippen molar-refractivity contribution in [2.45, 2.75) is 13.8 Å². The number of carbonyl (C=O) groups excluding carboxylic acids is 2. The Morgan fingerprint density at radius 1 is 0.839 bits per heavy atom. The molecule has 0 radical (unpaired) electrons. The molecule has 0 fully saturated rings. The minimum absolute atomic E-state index is 0.0192. The van der Waals surface area contributed by atoms with E-state index in [9.17, 15) is 18.4 Å². The molecule has 156 valence electrons. The van der Waals surface area contributed by atoms with Crippen LogP contribution in [-0.4, -0.2) is 11.8 Å². The van der Waals surface area contributed by atoms with Crippen molar-refractivity contribution in [2.24, 2.45) is 0 Å². The number of imide groups is 1. The van der Waals surface area contributed by atoms with Gasteiger partial charge in [0, 0.05) is 16.8 Å². The fraction of sp³-hybridized carbons (Fsp3) is 0.0833. The summed E-state index contributed by atoms with van der Waals surface area (Å²) in [4.78, 5) is 27.8. The monoisotopic (exact) mass is 438 g/mol. The van der Waals surface area contributed by atoms with Crippen molar-refractivity contribution in [3.63, 3.8) is 0 Å². The van der Waals surface area contributed by atoms with Gasteiger partial charge in [-0.15, -0.1) is 0 Å². The van der Waals surface area contributed by atoms with Gasteiger partial charge >= 0.3 is 0 Å². The molecule has 3 aromatic rings. The van der Waals surface area contributed by atoms with E-state index < -0.39 is 23.4 Å². The number of halogens is 3. The molecule has 1 aliphatic heterocycles. The number of nitrogens with zero attached hydrogens (tertiary/aromatic N) is 1. The highest BCUT2D eigenvalue weighted by atomic mass is 35.5. The first-order chi connectivity index (χ1) is 14.8. The molecule has 0 unspecified atom stereocenters. The lowest BCUT2D eigenvalue weighted by Crippen LogP contribution is -2.33. The standard InChI is InChI=1S/C24H17ClF2N2O2/c1-13-3-5-15(6-4-13)21-22(28-17-8-9-18(26)19(27)12-17)24(31)29(23(21)30)20-10-7-16(25)11-14(20)2/h3-12,28H,1-2H3. The third-order valence-corrected chi connectivity index (χ3v) is 5.25. The quantitative estimate of drug-likeness (QED) is 0.537. The molecule has 1 heterocycles. The Bertz CT molecular complexity index is 1250. The number of rotatable bonds is 4. The molecule has 0 spiro atoms. The van der Waals surface area contributed by atoms with Crippen LogP contribution in [-0.2, 0) is 9.59 Å². The third-order valence-electron chi connectivity index (χ3n) is 5.01. The molecule has 3 aromatic carbocycles. The lowest BCUT2D eigenvalue weighted by Gasteiger charge is -2.18. The Hall–Kier alpha value is -3.51. The molecule has 0 aliphatic carbocycles. The largest absolute Gasteiger partial charge is 0.350 e. The summed E-state index contributed by atoms with van der Waals surface area (Å²) in [6, 6.07) is 15.2. The Kier molecular flexibility index (Phi) is 5.33. The average molecular weight is 439 g/mol. The molecule has 1 N–H and O–H groups in total. The van der Waals surface area contributed by atoms with Crippen LogP contribution < -0.4 is 10.2 Å². The predicted molar refractivity (Wildman–Crippen MR) is 117 cm³/mol. The van der Waals surface area contributed by atoms with Crippen LogP contribution in [0.2, 0.25) is 5.02 Å². The van der Waals surface area contributed by atoms with Crippen LogP contribution in [0.3, 0.4) is 0 Å². The third kappa shape index (κ3) is 3.82. The zero-order chi connectivity index (χ0) is 22.3. The van der Waals surface area contributed by atoms with Gasteiger partial charge in [-0.1, -0.05) is 41.4 Å². The second-order valence-electron chi connectivity index (χ2n) is 7.25. The van der Waals surface area contributed by atoms with Crippen LogP contribution in [0.15, 0.2) is 66.4 Å². The molecule has 4 rings (SSSR count). The molecule has 31 heavy (non-hydrogen) atoms. The molecule has 7 heteroatoms. The first kappa shape index (κ1) is 20.8. The SMILES string of the molecule is Cc1ccc(C2=C(Nc3ccc(F)c(F)c3)C(=O)N(c3ccc(Cl)cc3C)C2=O)cc1. The number of hydrogen-bond acceptors (Lipinski definition) is 3. The van der Waals surface area contributed by atoms with Gasteiger partial charge in [0.1, 0.15) is 5.70 Å². The van der Waals surface area contributed by atoms with E-state index >= 15 is 0 Å². The van der Waals surface area contributed by atoms with Crippen LogP contribution in [0, 0.1) is 25.5 Å². The summed E-state index contributed by atoms with van der Waals surface area (Å²) in [6.07, 6.45) is 0. The number of anilines is 2. The molecular weight excluding hydrogens is 422 g/mol. The Morgan fingerprint density at radius 2 is 1.55 bits per heavy atom. The van der Waals surface area contributed by atoms with Crippen molar-refractivity contribution in [3.05, 3.63) is 99.7 Å². The number of benzene rings is 3. The lowest BCUT2D eigenvalue weighted by atomic mass is 10.0. The van der Waals surface area contributed by atoms with Gasteiger partial charge in [-0.2, -0.15) is 0 Å². The predicted octanol–water partition coefficient (Wildman–Crippen LogP) is 5.63. The van der Waals surface area contributed by atoms with Gasteiger partial charge in [0.05, 0.1) is 11.3 Å². The molecular formula is C24H17ClF2N2O2. The molecule has 4 nitrogen and oxygen atoms in total. The molecule has 0 saturated heterocycles. The molecule has 2 amide bonds. The highest BCUT2D eigenvalue weighted by Gasteiger charge is 2.40. The van der Waals surface area contributed by atoms with Gasteiger partial charge in [-0.3, -0.25) is 9.59 Å². The summed E-state index contributed by atoms with van der Waals surface area (Å²) in [7, 11) is 0. The normalized spacial score (nSPS) is 13.9. The van der Waals surface area contributed by atoms with Crippen molar-refractivity contribution >= 4 is 40.4 Å². The van der Waals surface area contributed by atoms with Crippen molar-refractivity contribution in [2.75, 3.05) is 10.2 Å². The van der Waals surface area contributed by atoms with Gasteiger partial charge in [-0.05, 0) is 55.3 Å². The first-order valence-electron chi connectivity index (χ1n) is 9.44. The molecule has 0 bridgehead atoms. The summed E-state index contributed by atoms with van der Waals surface area (Å²) in [5, 5.41) is 3.30. The maximum atomic E-state index is 13.7. The van der Waals surface area contributed by atoms with E-state index in [4.69, 9.17) is 11.6 Å². The van der Waals surface area contributed by atoms with E-state index in [1.165, 1.54) is 6.07 Å². The Balaban J connectivity index is 1.84. The van der Waals surface area contributed by atoms with E-state index in [-0.39, 0.29) is 17.0 Å². The maximum absolute atomic E-state index is 13.7. The van der Waals surface area contributed by atoms with E-state index in [1.807, 2.05) is 19.1 Å². The second-order valence-corrected chi connectivity index (χ2v) is 7.68. The van der Waals surface area contributed by atoms with Gasteiger partial charge in [0.25, 0.3) is 11.8 Å². The summed E-state index contributed by atoms with van der Waals surface area (Å²) in [6.45, 7) is 3.65. The topological polar surface area (TPSA) is 49.4 Å². The summed E-state index contributed by atoms with van der Waals surface area (Å²) < 4.78 is 27.1. The zero-order valence-electron chi connectivity index (χ0n) is 16.7. The van der Waals surface area contributed by atoms with Crippen molar-refractivity contribution in [1.82, 2.24) is 0 Å². The van der Waals surface area contributed by atoms with Crippen LogP contribution in [0.25, 0.3) is 5.57 Å². The molecule has 0 saturated carbocycles. The van der Waals surface area contributed by atoms with Gasteiger partial charge in [0.15, 0.2) is 11.6 Å². The first-order valence-corrected chi connectivity index (χ1v) is 9.82. The average Bonchev–Trinajstić information content (AvgIpc) is 2.96. The number of hydrogen-bond donors (Lipinski definition) is 1. The lowest BCUT2D eigenvalue weighted by molar-refractivity contribution is -0.120. The van der Waals surface area contributed by atoms with E-state index in [1.54, 1.807) is 37.3 Å². The fourth-order valence-electron chi connectivity index (χ4n) is 3.44. The summed E-state index contributed by atoms with van der Waals surface area (Å²) >= 11 is 6.02. The van der Waals surface area contributed by atoms with Crippen molar-refractivity contribution in [1.29, 1.82) is 0 Å². The van der Waals surface area contributed by atoms with E-state index in [0.717, 1.165) is 22.6 Å². The molecule has 1 aliphatic rings. The minimum Gasteiger partial charge on any atom is -0.350 e. The number of carbonyl (C=O) groups is 2. The maximum Gasteiger partial charge on any atom is 0.282 e. The van der Waals surface area contributed by atoms with Crippen molar-refractivity contribution < 1.29 is 18.4 Å². The summed E-state index contributed by atoms with van der Waals surface area (Å²) in [5.41, 5.74) is 2.83. The summed E-state index contributed by atoms with van der Waals surface area (Å²) in [5.74, 6) is -3.20. The van der Waals surface area contributed by atoms with E-state index in [2.05, 4.69) is 5.32 Å². The number of amides is 2. The van der Waals surface area contributed by atoms with E-state index in [0.29, 0.717) is 21.8 Å². The van der Waals surface area contributed by atoms with Crippen molar-refractivity contribution in [3.8, 4) is 0 Å². The van der Waals surface area contributed by atoms with Crippen LogP contribution in [0.5, 0.6) is 0 Å². The molecule has 0 atom stereocenters. The minimum atomic E-state index is -1.07. The smallest absolute Gasteiger partial charge is 0.282 e. The number of nitrogens with one attached hydrogen (secondary N) is 1.